The van der Waals surface area contributed by atoms with Crippen LogP contribution in [0.1, 0.15) is 52.9 Å². The summed E-state index contributed by atoms with van der Waals surface area (Å²) in [6.45, 7) is 10.0. The van der Waals surface area contributed by atoms with Crippen molar-refractivity contribution in [2.75, 3.05) is 19.6 Å². The third kappa shape index (κ3) is 6.81. The van der Waals surface area contributed by atoms with Crippen molar-refractivity contribution in [1.29, 1.82) is 0 Å². The minimum Gasteiger partial charge on any atom is -0.370 e. The highest BCUT2D eigenvalue weighted by Gasteiger charge is 2.29. The summed E-state index contributed by atoms with van der Waals surface area (Å²) in [6.07, 6.45) is 6.55. The van der Waals surface area contributed by atoms with Gasteiger partial charge in [-0.05, 0) is 62.4 Å². The molecule has 5 N–H and O–H groups in total. The molecule has 1 aliphatic rings. The molecule has 1 fully saturated rings. The molecule has 0 unspecified atom stereocenters. The van der Waals surface area contributed by atoms with Crippen LogP contribution in [0.2, 0.25) is 0 Å². The second kappa shape index (κ2) is 7.73. The molecule has 0 aromatic heterocycles. The van der Waals surface area contributed by atoms with E-state index in [1.54, 1.807) is 0 Å². The number of aliphatic imine (C=N–C) groups is 1. The number of nitrogens with two attached hydrogens (primary N) is 2. The minimum absolute atomic E-state index is 0.195. The maximum Gasteiger partial charge on any atom is 0.185 e. The molecule has 0 saturated heterocycles. The third-order valence-electron chi connectivity index (χ3n) is 4.31. The highest BCUT2D eigenvalue weighted by Crippen LogP contribution is 2.39. The van der Waals surface area contributed by atoms with Gasteiger partial charge >= 0.3 is 0 Å². The topological polar surface area (TPSA) is 76.4 Å². The zero-order chi connectivity index (χ0) is 14.3. The average Bonchev–Trinajstić information content (AvgIpc) is 2.32. The predicted octanol–water partition coefficient (Wildman–Crippen LogP) is 2.09. The first kappa shape index (κ1) is 16.3. The Labute approximate surface area is 118 Å². The van der Waals surface area contributed by atoms with Crippen molar-refractivity contribution in [3.05, 3.63) is 0 Å². The number of hydrogen-bond donors (Lipinski definition) is 3. The Hall–Kier alpha value is -0.770. The molecule has 0 heterocycles. The third-order valence-corrected chi connectivity index (χ3v) is 4.31. The zero-order valence-corrected chi connectivity index (χ0v) is 12.9. The Morgan fingerprint density at radius 3 is 2.32 bits per heavy atom. The van der Waals surface area contributed by atoms with Crippen molar-refractivity contribution in [1.82, 2.24) is 5.32 Å². The fraction of sp³-hybridized carbons (Fsp3) is 0.933. The monoisotopic (exact) mass is 268 g/mol. The van der Waals surface area contributed by atoms with E-state index in [2.05, 4.69) is 31.1 Å². The summed E-state index contributed by atoms with van der Waals surface area (Å²) >= 11 is 0. The first-order valence-electron chi connectivity index (χ1n) is 7.65. The molecule has 19 heavy (non-hydrogen) atoms. The Morgan fingerprint density at radius 2 is 1.79 bits per heavy atom. The quantitative estimate of drug-likeness (QED) is 0.392. The van der Waals surface area contributed by atoms with Gasteiger partial charge in [0.1, 0.15) is 0 Å². The van der Waals surface area contributed by atoms with Crippen LogP contribution in [0.4, 0.5) is 0 Å². The van der Waals surface area contributed by atoms with Crippen molar-refractivity contribution < 1.29 is 0 Å². The van der Waals surface area contributed by atoms with Gasteiger partial charge in [-0.1, -0.05) is 20.8 Å². The molecule has 112 valence electrons. The van der Waals surface area contributed by atoms with E-state index in [9.17, 15) is 0 Å². The maximum atomic E-state index is 5.28. The van der Waals surface area contributed by atoms with Crippen LogP contribution in [0, 0.1) is 17.3 Å². The van der Waals surface area contributed by atoms with Gasteiger partial charge in [0.15, 0.2) is 5.96 Å². The first-order valence-corrected chi connectivity index (χ1v) is 7.65. The van der Waals surface area contributed by atoms with Gasteiger partial charge in [-0.2, -0.15) is 0 Å². The van der Waals surface area contributed by atoms with Crippen LogP contribution in [0.5, 0.6) is 0 Å². The molecular formula is C15H32N4. The van der Waals surface area contributed by atoms with E-state index in [1.165, 1.54) is 25.7 Å². The lowest BCUT2D eigenvalue weighted by atomic mass is 9.70. The lowest BCUT2D eigenvalue weighted by molar-refractivity contribution is 0.149. The SMILES string of the molecule is CC(C)(C)C1CCC(CNCCCN=C(N)N)CC1. The first-order chi connectivity index (χ1) is 8.89. The normalized spacial score (nSPS) is 24.2. The molecule has 1 aliphatic carbocycles. The second-order valence-corrected chi connectivity index (χ2v) is 6.95. The van der Waals surface area contributed by atoms with Gasteiger partial charge in [0.25, 0.3) is 0 Å². The Bertz CT molecular complexity index is 268. The fourth-order valence-electron chi connectivity index (χ4n) is 2.95. The molecule has 0 aliphatic heterocycles. The molecule has 0 amide bonds. The summed E-state index contributed by atoms with van der Waals surface area (Å²) in [5.74, 6) is 1.97. The van der Waals surface area contributed by atoms with Crippen LogP contribution in [-0.4, -0.2) is 25.6 Å². The van der Waals surface area contributed by atoms with Crippen molar-refractivity contribution in [2.24, 2.45) is 33.7 Å². The number of nitrogens with one attached hydrogen (secondary N) is 1. The predicted molar refractivity (Wildman–Crippen MR) is 83.1 cm³/mol. The molecule has 0 spiro atoms. The summed E-state index contributed by atoms with van der Waals surface area (Å²) in [6, 6.07) is 0. The van der Waals surface area contributed by atoms with Crippen LogP contribution < -0.4 is 16.8 Å². The van der Waals surface area contributed by atoms with E-state index < -0.39 is 0 Å². The molecule has 0 aromatic rings. The van der Waals surface area contributed by atoms with Crippen molar-refractivity contribution >= 4 is 5.96 Å². The van der Waals surface area contributed by atoms with Gasteiger partial charge in [-0.3, -0.25) is 4.99 Å². The molecule has 0 radical (unpaired) electrons. The minimum atomic E-state index is 0.195. The van der Waals surface area contributed by atoms with Gasteiger partial charge < -0.3 is 16.8 Å². The Morgan fingerprint density at radius 1 is 1.16 bits per heavy atom. The number of hydrogen-bond acceptors (Lipinski definition) is 2. The summed E-state index contributed by atoms with van der Waals surface area (Å²) in [7, 11) is 0. The van der Waals surface area contributed by atoms with Crippen molar-refractivity contribution in [2.45, 2.75) is 52.9 Å². The number of rotatable bonds is 6. The standard InChI is InChI=1S/C15H32N4/c1-15(2,3)13-7-5-12(6-8-13)11-18-9-4-10-19-14(16)17/h12-13,18H,4-11H2,1-3H3,(H4,16,17,19). The zero-order valence-electron chi connectivity index (χ0n) is 12.9. The van der Waals surface area contributed by atoms with E-state index in [0.717, 1.165) is 37.9 Å². The van der Waals surface area contributed by atoms with Crippen LogP contribution in [0.15, 0.2) is 4.99 Å². The maximum absolute atomic E-state index is 5.28. The van der Waals surface area contributed by atoms with Gasteiger partial charge in [-0.15, -0.1) is 0 Å². The second-order valence-electron chi connectivity index (χ2n) is 6.95. The van der Waals surface area contributed by atoms with Crippen LogP contribution in [0.25, 0.3) is 0 Å². The molecule has 0 atom stereocenters. The molecule has 4 heteroatoms. The van der Waals surface area contributed by atoms with Crippen LogP contribution >= 0.6 is 0 Å². The van der Waals surface area contributed by atoms with Crippen LogP contribution in [-0.2, 0) is 0 Å². The van der Waals surface area contributed by atoms with E-state index >= 15 is 0 Å². The largest absolute Gasteiger partial charge is 0.370 e. The molecule has 1 rings (SSSR count). The molecular weight excluding hydrogens is 236 g/mol. The number of nitrogens with zero attached hydrogens (tertiary/aromatic N) is 1. The number of guanidine groups is 1. The fourth-order valence-corrected chi connectivity index (χ4v) is 2.95. The van der Waals surface area contributed by atoms with E-state index in [4.69, 9.17) is 11.5 Å². The molecule has 0 bridgehead atoms. The van der Waals surface area contributed by atoms with Crippen molar-refractivity contribution in [3.8, 4) is 0 Å². The average molecular weight is 268 g/mol. The lowest BCUT2D eigenvalue weighted by Crippen LogP contribution is -2.31. The summed E-state index contributed by atoms with van der Waals surface area (Å²) in [5, 5.41) is 3.53. The van der Waals surface area contributed by atoms with Gasteiger partial charge in [-0.25, -0.2) is 0 Å². The van der Waals surface area contributed by atoms with E-state index in [0.29, 0.717) is 5.41 Å². The molecule has 1 saturated carbocycles. The highest BCUT2D eigenvalue weighted by atomic mass is 15.0. The summed E-state index contributed by atoms with van der Waals surface area (Å²) in [5.41, 5.74) is 11.0. The summed E-state index contributed by atoms with van der Waals surface area (Å²) in [4.78, 5) is 3.98. The van der Waals surface area contributed by atoms with Crippen molar-refractivity contribution in [3.63, 3.8) is 0 Å². The van der Waals surface area contributed by atoms with Crippen LogP contribution in [0.3, 0.4) is 0 Å². The van der Waals surface area contributed by atoms with E-state index in [1.807, 2.05) is 0 Å². The smallest absolute Gasteiger partial charge is 0.185 e. The van der Waals surface area contributed by atoms with Gasteiger partial charge in [0, 0.05) is 6.54 Å². The molecule has 4 nitrogen and oxygen atoms in total. The van der Waals surface area contributed by atoms with Gasteiger partial charge in [0.05, 0.1) is 0 Å². The highest BCUT2D eigenvalue weighted by molar-refractivity contribution is 5.75. The molecule has 0 aromatic carbocycles. The lowest BCUT2D eigenvalue weighted by Gasteiger charge is -2.37. The summed E-state index contributed by atoms with van der Waals surface area (Å²) < 4.78 is 0. The Kier molecular flexibility index (Phi) is 6.63. The van der Waals surface area contributed by atoms with E-state index in [-0.39, 0.29) is 5.96 Å². The van der Waals surface area contributed by atoms with Gasteiger partial charge in [0.2, 0.25) is 0 Å². The Balaban J connectivity index is 2.05.